The SMILES string of the molecule is COc1ccc2cc(C(=O)NC[C@@H](O)c3ccc([N+](=O)[O-])cc3)[nH]c2c1. The molecule has 3 aromatic rings. The van der Waals surface area contributed by atoms with Crippen LogP contribution in [0.4, 0.5) is 5.69 Å². The summed E-state index contributed by atoms with van der Waals surface area (Å²) < 4.78 is 5.15. The zero-order valence-corrected chi connectivity index (χ0v) is 13.9. The van der Waals surface area contributed by atoms with Gasteiger partial charge >= 0.3 is 0 Å². The second kappa shape index (κ2) is 7.24. The molecule has 0 aliphatic heterocycles. The number of benzene rings is 2. The summed E-state index contributed by atoms with van der Waals surface area (Å²) in [6.07, 6.45) is -0.968. The molecule has 1 atom stereocenters. The van der Waals surface area contributed by atoms with Gasteiger partial charge in [-0.05, 0) is 35.9 Å². The molecule has 2 aromatic carbocycles. The van der Waals surface area contributed by atoms with E-state index in [4.69, 9.17) is 4.74 Å². The molecule has 0 aliphatic rings. The summed E-state index contributed by atoms with van der Waals surface area (Å²) in [4.78, 5) is 25.4. The number of aromatic nitrogens is 1. The number of nitrogens with one attached hydrogen (secondary N) is 2. The highest BCUT2D eigenvalue weighted by molar-refractivity contribution is 5.98. The molecule has 8 nitrogen and oxygen atoms in total. The number of aliphatic hydroxyl groups is 1. The molecule has 1 aromatic heterocycles. The lowest BCUT2D eigenvalue weighted by Crippen LogP contribution is -2.28. The van der Waals surface area contributed by atoms with Gasteiger partial charge in [0.2, 0.25) is 0 Å². The van der Waals surface area contributed by atoms with E-state index in [1.54, 1.807) is 25.3 Å². The lowest BCUT2D eigenvalue weighted by molar-refractivity contribution is -0.384. The van der Waals surface area contributed by atoms with Gasteiger partial charge in [0, 0.05) is 35.6 Å². The van der Waals surface area contributed by atoms with Gasteiger partial charge in [-0.2, -0.15) is 0 Å². The number of nitro benzene ring substituents is 1. The van der Waals surface area contributed by atoms with Crippen LogP contribution < -0.4 is 10.1 Å². The van der Waals surface area contributed by atoms with E-state index in [1.165, 1.54) is 24.3 Å². The van der Waals surface area contributed by atoms with Gasteiger partial charge < -0.3 is 20.1 Å². The maximum atomic E-state index is 12.3. The smallest absolute Gasteiger partial charge is 0.269 e. The number of amides is 1. The van der Waals surface area contributed by atoms with Gasteiger partial charge in [0.25, 0.3) is 11.6 Å². The molecule has 26 heavy (non-hydrogen) atoms. The van der Waals surface area contributed by atoms with E-state index < -0.39 is 11.0 Å². The van der Waals surface area contributed by atoms with E-state index in [9.17, 15) is 20.0 Å². The second-order valence-corrected chi connectivity index (χ2v) is 5.71. The predicted molar refractivity (Wildman–Crippen MR) is 95.2 cm³/mol. The number of ether oxygens (including phenoxy) is 1. The fourth-order valence-electron chi connectivity index (χ4n) is 2.58. The number of rotatable bonds is 6. The Morgan fingerprint density at radius 3 is 2.65 bits per heavy atom. The molecule has 3 rings (SSSR count). The molecule has 0 bridgehead atoms. The molecule has 3 N–H and O–H groups in total. The average molecular weight is 355 g/mol. The van der Waals surface area contributed by atoms with Crippen LogP contribution in [0.2, 0.25) is 0 Å². The fraction of sp³-hybridized carbons (Fsp3) is 0.167. The number of aliphatic hydroxyl groups excluding tert-OH is 1. The normalized spacial score (nSPS) is 11.9. The van der Waals surface area contributed by atoms with Gasteiger partial charge in [0.05, 0.1) is 18.1 Å². The van der Waals surface area contributed by atoms with Crippen LogP contribution in [0.15, 0.2) is 48.5 Å². The number of nitro groups is 1. The van der Waals surface area contributed by atoms with E-state index in [0.29, 0.717) is 17.0 Å². The van der Waals surface area contributed by atoms with E-state index in [2.05, 4.69) is 10.3 Å². The highest BCUT2D eigenvalue weighted by atomic mass is 16.6. The maximum Gasteiger partial charge on any atom is 0.269 e. The summed E-state index contributed by atoms with van der Waals surface area (Å²) in [6.45, 7) is -0.0185. The van der Waals surface area contributed by atoms with Crippen molar-refractivity contribution in [1.29, 1.82) is 0 Å². The number of carbonyl (C=O) groups excluding carboxylic acids is 1. The second-order valence-electron chi connectivity index (χ2n) is 5.71. The van der Waals surface area contributed by atoms with Crippen LogP contribution in [0.5, 0.6) is 5.75 Å². The number of aromatic amines is 1. The Balaban J connectivity index is 1.65. The third-order valence-corrected chi connectivity index (χ3v) is 4.02. The first kappa shape index (κ1) is 17.4. The van der Waals surface area contributed by atoms with Gasteiger partial charge in [-0.15, -0.1) is 0 Å². The van der Waals surface area contributed by atoms with Crippen molar-refractivity contribution in [2.24, 2.45) is 0 Å². The molecule has 0 radical (unpaired) electrons. The largest absolute Gasteiger partial charge is 0.497 e. The monoisotopic (exact) mass is 355 g/mol. The van der Waals surface area contributed by atoms with Crippen molar-refractivity contribution in [2.75, 3.05) is 13.7 Å². The summed E-state index contributed by atoms with van der Waals surface area (Å²) in [5, 5.41) is 24.3. The van der Waals surface area contributed by atoms with Crippen LogP contribution in [-0.2, 0) is 0 Å². The number of methoxy groups -OCH3 is 1. The first-order valence-electron chi connectivity index (χ1n) is 7.85. The number of H-pyrrole nitrogens is 1. The third kappa shape index (κ3) is 3.65. The Morgan fingerprint density at radius 1 is 1.27 bits per heavy atom. The van der Waals surface area contributed by atoms with Crippen molar-refractivity contribution in [3.05, 3.63) is 69.9 Å². The Bertz CT molecular complexity index is 949. The number of hydrogen-bond donors (Lipinski definition) is 3. The van der Waals surface area contributed by atoms with Gasteiger partial charge in [0.15, 0.2) is 0 Å². The summed E-state index contributed by atoms with van der Waals surface area (Å²) >= 11 is 0. The summed E-state index contributed by atoms with van der Waals surface area (Å²) in [5.41, 5.74) is 1.56. The third-order valence-electron chi connectivity index (χ3n) is 4.02. The molecule has 1 heterocycles. The van der Waals surface area contributed by atoms with Crippen molar-refractivity contribution < 1.29 is 19.6 Å². The fourth-order valence-corrected chi connectivity index (χ4v) is 2.58. The first-order chi connectivity index (χ1) is 12.5. The predicted octanol–water partition coefficient (Wildman–Crippen LogP) is 2.55. The van der Waals surface area contributed by atoms with Crippen molar-refractivity contribution in [3.63, 3.8) is 0 Å². The molecule has 0 spiro atoms. The number of hydrogen-bond acceptors (Lipinski definition) is 5. The number of non-ortho nitro benzene ring substituents is 1. The Kier molecular flexibility index (Phi) is 4.85. The van der Waals surface area contributed by atoms with E-state index in [0.717, 1.165) is 10.9 Å². The molecule has 134 valence electrons. The molecular formula is C18H17N3O5. The number of fused-ring (bicyclic) bond motifs is 1. The van der Waals surface area contributed by atoms with Gasteiger partial charge in [-0.1, -0.05) is 0 Å². The lowest BCUT2D eigenvalue weighted by atomic mass is 10.1. The molecule has 8 heteroatoms. The van der Waals surface area contributed by atoms with Crippen LogP contribution in [-0.4, -0.2) is 34.6 Å². The minimum Gasteiger partial charge on any atom is -0.497 e. The maximum absolute atomic E-state index is 12.3. The summed E-state index contributed by atoms with van der Waals surface area (Å²) in [7, 11) is 1.57. The number of nitrogens with zero attached hydrogens (tertiary/aromatic N) is 1. The first-order valence-corrected chi connectivity index (χ1v) is 7.85. The molecule has 0 unspecified atom stereocenters. The molecule has 0 saturated carbocycles. The van der Waals surface area contributed by atoms with E-state index >= 15 is 0 Å². The Hall–Kier alpha value is -3.39. The van der Waals surface area contributed by atoms with Crippen molar-refractivity contribution in [1.82, 2.24) is 10.3 Å². The standard InChI is InChI=1S/C18H17N3O5/c1-26-14-7-4-12-8-16(20-15(12)9-14)18(23)19-10-17(22)11-2-5-13(6-3-11)21(24)25/h2-9,17,20,22H,10H2,1H3,(H,19,23)/t17-/m1/s1. The van der Waals surface area contributed by atoms with Gasteiger partial charge in [0.1, 0.15) is 11.4 Å². The highest BCUT2D eigenvalue weighted by Gasteiger charge is 2.14. The van der Waals surface area contributed by atoms with Crippen LogP contribution in [0.3, 0.4) is 0 Å². The van der Waals surface area contributed by atoms with Crippen molar-refractivity contribution in [2.45, 2.75) is 6.10 Å². The van der Waals surface area contributed by atoms with E-state index in [1.807, 2.05) is 6.07 Å². The minimum absolute atomic E-state index is 0.0185. The van der Waals surface area contributed by atoms with Crippen LogP contribution in [0, 0.1) is 10.1 Å². The molecular weight excluding hydrogens is 338 g/mol. The molecule has 1 amide bonds. The van der Waals surface area contributed by atoms with Crippen molar-refractivity contribution in [3.8, 4) is 5.75 Å². The lowest BCUT2D eigenvalue weighted by Gasteiger charge is -2.11. The Labute approximate surface area is 148 Å². The summed E-state index contributed by atoms with van der Waals surface area (Å²) in [5.74, 6) is 0.320. The van der Waals surface area contributed by atoms with E-state index in [-0.39, 0.29) is 18.1 Å². The molecule has 0 fully saturated rings. The highest BCUT2D eigenvalue weighted by Crippen LogP contribution is 2.21. The van der Waals surface area contributed by atoms with Gasteiger partial charge in [-0.3, -0.25) is 14.9 Å². The topological polar surface area (TPSA) is 117 Å². The zero-order chi connectivity index (χ0) is 18.7. The van der Waals surface area contributed by atoms with Gasteiger partial charge in [-0.25, -0.2) is 0 Å². The van der Waals surface area contributed by atoms with Crippen molar-refractivity contribution >= 4 is 22.5 Å². The van der Waals surface area contributed by atoms with Crippen LogP contribution in [0.25, 0.3) is 10.9 Å². The van der Waals surface area contributed by atoms with Crippen LogP contribution in [0.1, 0.15) is 22.2 Å². The zero-order valence-electron chi connectivity index (χ0n) is 13.9. The number of carbonyl (C=O) groups is 1. The minimum atomic E-state index is -0.968. The summed E-state index contributed by atoms with van der Waals surface area (Å²) in [6, 6.07) is 12.7. The Morgan fingerprint density at radius 2 is 2.00 bits per heavy atom. The molecule has 0 aliphatic carbocycles. The molecule has 0 saturated heterocycles. The quantitative estimate of drug-likeness (QED) is 0.464. The average Bonchev–Trinajstić information content (AvgIpc) is 3.09. The van der Waals surface area contributed by atoms with Crippen LogP contribution >= 0.6 is 0 Å².